The number of hydrogen-bond acceptors (Lipinski definition) is 1. The van der Waals surface area contributed by atoms with E-state index in [9.17, 15) is 0 Å². The Hall–Kier alpha value is -1.50. The van der Waals surface area contributed by atoms with Gasteiger partial charge in [0.1, 0.15) is 0 Å². The Kier molecular flexibility index (Phi) is 5.41. The molecule has 0 aromatic heterocycles. The maximum Gasteiger partial charge on any atom is 0.0351 e. The highest BCUT2D eigenvalue weighted by Gasteiger charge is 1.95. The molecule has 86 valence electrons. The molecule has 0 amide bonds. The lowest BCUT2D eigenvalue weighted by Crippen LogP contribution is -2.14. The van der Waals surface area contributed by atoms with Crippen LogP contribution >= 0.6 is 0 Å². The van der Waals surface area contributed by atoms with E-state index in [0.717, 1.165) is 37.1 Å². The zero-order chi connectivity index (χ0) is 11.8. The van der Waals surface area contributed by atoms with Crippen molar-refractivity contribution >= 4 is 0 Å². The van der Waals surface area contributed by atoms with Gasteiger partial charge in [-0.3, -0.25) is 0 Å². The lowest BCUT2D eigenvalue weighted by Gasteiger charge is -2.09. The second kappa shape index (κ2) is 6.89. The number of aryl methyl sites for hydroxylation is 1. The molecule has 0 atom stereocenters. The SMILES string of the molecule is C=C(C)CNC(=C)CCCc1ccccc1. The molecule has 1 aromatic rings. The van der Waals surface area contributed by atoms with Gasteiger partial charge in [0.2, 0.25) is 0 Å². The summed E-state index contributed by atoms with van der Waals surface area (Å²) in [7, 11) is 0. The van der Waals surface area contributed by atoms with Crippen molar-refractivity contribution in [1.82, 2.24) is 5.32 Å². The average Bonchev–Trinajstić information content (AvgIpc) is 2.28. The first-order valence-electron chi connectivity index (χ1n) is 5.78. The topological polar surface area (TPSA) is 12.0 Å². The van der Waals surface area contributed by atoms with Crippen LogP contribution in [0, 0.1) is 0 Å². The summed E-state index contributed by atoms with van der Waals surface area (Å²) < 4.78 is 0. The van der Waals surface area contributed by atoms with Gasteiger partial charge < -0.3 is 5.32 Å². The molecule has 1 nitrogen and oxygen atoms in total. The number of hydrogen-bond donors (Lipinski definition) is 1. The van der Waals surface area contributed by atoms with Gasteiger partial charge in [-0.2, -0.15) is 0 Å². The molecule has 0 saturated carbocycles. The Morgan fingerprint density at radius 1 is 1.19 bits per heavy atom. The van der Waals surface area contributed by atoms with Gasteiger partial charge in [0.25, 0.3) is 0 Å². The third kappa shape index (κ3) is 5.40. The van der Waals surface area contributed by atoms with Crippen molar-refractivity contribution in [3.05, 3.63) is 60.3 Å². The fourth-order valence-corrected chi connectivity index (χ4v) is 1.51. The predicted molar refractivity (Wildman–Crippen MR) is 71.3 cm³/mol. The molecule has 0 unspecified atom stereocenters. The van der Waals surface area contributed by atoms with Crippen molar-refractivity contribution in [2.45, 2.75) is 26.2 Å². The Morgan fingerprint density at radius 2 is 1.88 bits per heavy atom. The minimum absolute atomic E-state index is 0.837. The van der Waals surface area contributed by atoms with Crippen LogP contribution in [0.25, 0.3) is 0 Å². The quantitative estimate of drug-likeness (QED) is 0.684. The van der Waals surface area contributed by atoms with Crippen LogP contribution in [-0.4, -0.2) is 6.54 Å². The highest BCUT2D eigenvalue weighted by Crippen LogP contribution is 2.07. The summed E-state index contributed by atoms with van der Waals surface area (Å²) in [5, 5.41) is 3.27. The van der Waals surface area contributed by atoms with E-state index in [1.165, 1.54) is 5.56 Å². The van der Waals surface area contributed by atoms with E-state index in [1.54, 1.807) is 0 Å². The van der Waals surface area contributed by atoms with E-state index in [1.807, 2.05) is 6.92 Å². The molecule has 0 saturated heterocycles. The van der Waals surface area contributed by atoms with Crippen LogP contribution in [-0.2, 0) is 6.42 Å². The first-order chi connectivity index (χ1) is 7.68. The van der Waals surface area contributed by atoms with Crippen molar-refractivity contribution in [1.29, 1.82) is 0 Å². The summed E-state index contributed by atoms with van der Waals surface area (Å²) >= 11 is 0. The summed E-state index contributed by atoms with van der Waals surface area (Å²) in [5.74, 6) is 0. The van der Waals surface area contributed by atoms with Crippen molar-refractivity contribution in [2.24, 2.45) is 0 Å². The Balaban J connectivity index is 2.16. The number of rotatable bonds is 7. The molecule has 0 aliphatic carbocycles. The van der Waals surface area contributed by atoms with Gasteiger partial charge in [0.15, 0.2) is 0 Å². The van der Waals surface area contributed by atoms with Crippen LogP contribution in [0.3, 0.4) is 0 Å². The molecule has 1 aromatic carbocycles. The highest BCUT2D eigenvalue weighted by molar-refractivity contribution is 5.14. The van der Waals surface area contributed by atoms with Gasteiger partial charge in [-0.05, 0) is 31.7 Å². The Bertz CT molecular complexity index is 338. The molecule has 16 heavy (non-hydrogen) atoms. The lowest BCUT2D eigenvalue weighted by atomic mass is 10.1. The summed E-state index contributed by atoms with van der Waals surface area (Å²) in [6.45, 7) is 10.7. The summed E-state index contributed by atoms with van der Waals surface area (Å²) in [4.78, 5) is 0. The van der Waals surface area contributed by atoms with Crippen LogP contribution in [0.1, 0.15) is 25.3 Å². The monoisotopic (exact) mass is 215 g/mol. The van der Waals surface area contributed by atoms with Gasteiger partial charge >= 0.3 is 0 Å². The largest absolute Gasteiger partial charge is 0.385 e. The molecule has 1 heteroatoms. The van der Waals surface area contributed by atoms with E-state index < -0.39 is 0 Å². The third-order valence-corrected chi connectivity index (χ3v) is 2.43. The molecule has 1 rings (SSSR count). The van der Waals surface area contributed by atoms with Crippen molar-refractivity contribution in [3.8, 4) is 0 Å². The molecular weight excluding hydrogens is 194 g/mol. The summed E-state index contributed by atoms with van der Waals surface area (Å²) in [6.07, 6.45) is 3.29. The minimum atomic E-state index is 0.837. The van der Waals surface area contributed by atoms with E-state index in [0.29, 0.717) is 0 Å². The second-order valence-electron chi connectivity index (χ2n) is 4.25. The first-order valence-corrected chi connectivity index (χ1v) is 5.78. The van der Waals surface area contributed by atoms with Crippen LogP contribution in [0.5, 0.6) is 0 Å². The van der Waals surface area contributed by atoms with Crippen molar-refractivity contribution in [3.63, 3.8) is 0 Å². The third-order valence-electron chi connectivity index (χ3n) is 2.43. The number of benzene rings is 1. The maximum absolute atomic E-state index is 4.01. The Labute approximate surface area is 98.9 Å². The standard InChI is InChI=1S/C15H21N/c1-13(2)12-16-14(3)8-7-11-15-9-5-4-6-10-15/h4-6,9-10,16H,1,3,7-8,11-12H2,2H3. The van der Waals surface area contributed by atoms with Crippen LogP contribution < -0.4 is 5.32 Å². The maximum atomic E-state index is 4.01. The average molecular weight is 215 g/mol. The normalized spacial score (nSPS) is 9.81. The molecule has 0 spiro atoms. The van der Waals surface area contributed by atoms with Gasteiger partial charge in [-0.1, -0.05) is 49.1 Å². The molecule has 0 fully saturated rings. The predicted octanol–water partition coefficient (Wildman–Crippen LogP) is 3.69. The molecule has 1 N–H and O–H groups in total. The smallest absolute Gasteiger partial charge is 0.0351 e. The molecule has 0 heterocycles. The lowest BCUT2D eigenvalue weighted by molar-refractivity contribution is 0.738. The van der Waals surface area contributed by atoms with E-state index in [4.69, 9.17) is 0 Å². The second-order valence-corrected chi connectivity index (χ2v) is 4.25. The van der Waals surface area contributed by atoms with Crippen molar-refractivity contribution in [2.75, 3.05) is 6.54 Å². The van der Waals surface area contributed by atoms with Crippen LogP contribution in [0.15, 0.2) is 54.8 Å². The van der Waals surface area contributed by atoms with E-state index in [-0.39, 0.29) is 0 Å². The highest BCUT2D eigenvalue weighted by atomic mass is 14.9. The van der Waals surface area contributed by atoms with Crippen LogP contribution in [0.4, 0.5) is 0 Å². The van der Waals surface area contributed by atoms with Gasteiger partial charge in [0, 0.05) is 12.2 Å². The summed E-state index contributed by atoms with van der Waals surface area (Å²) in [5.41, 5.74) is 3.65. The van der Waals surface area contributed by atoms with Crippen molar-refractivity contribution < 1.29 is 0 Å². The van der Waals surface area contributed by atoms with Gasteiger partial charge in [-0.15, -0.1) is 0 Å². The van der Waals surface area contributed by atoms with Crippen LogP contribution in [0.2, 0.25) is 0 Å². The van der Waals surface area contributed by atoms with E-state index >= 15 is 0 Å². The zero-order valence-electron chi connectivity index (χ0n) is 10.1. The fraction of sp³-hybridized carbons (Fsp3) is 0.333. The van der Waals surface area contributed by atoms with Gasteiger partial charge in [0.05, 0.1) is 0 Å². The van der Waals surface area contributed by atoms with Gasteiger partial charge in [-0.25, -0.2) is 0 Å². The fourth-order valence-electron chi connectivity index (χ4n) is 1.51. The number of nitrogens with one attached hydrogen (secondary N) is 1. The number of allylic oxidation sites excluding steroid dienone is 1. The zero-order valence-corrected chi connectivity index (χ0v) is 10.1. The first kappa shape index (κ1) is 12.6. The minimum Gasteiger partial charge on any atom is -0.385 e. The summed E-state index contributed by atoms with van der Waals surface area (Å²) in [6, 6.07) is 10.6. The molecule has 0 aliphatic heterocycles. The molecule has 0 bridgehead atoms. The Morgan fingerprint density at radius 3 is 2.50 bits per heavy atom. The molecular formula is C15H21N. The molecule has 0 radical (unpaired) electrons. The molecule has 0 aliphatic rings. The van der Waals surface area contributed by atoms with E-state index in [2.05, 4.69) is 48.8 Å².